The van der Waals surface area contributed by atoms with Crippen LogP contribution in [0.3, 0.4) is 0 Å². The maximum absolute atomic E-state index is 14.4. The zero-order chi connectivity index (χ0) is 28.1. The summed E-state index contributed by atoms with van der Waals surface area (Å²) in [4.78, 5) is 7.48. The molecule has 10 heteroatoms. The molecule has 3 heterocycles. The van der Waals surface area contributed by atoms with Gasteiger partial charge in [0, 0.05) is 50.2 Å². The molecule has 36 heavy (non-hydrogen) atoms. The van der Waals surface area contributed by atoms with Crippen LogP contribution in [0.1, 0.15) is 65.5 Å². The first-order chi connectivity index (χ1) is 18.5. The molecule has 3 aromatic heterocycles. The largest absolute Gasteiger partial charge is 0.434 e. The van der Waals surface area contributed by atoms with Crippen molar-refractivity contribution in [3.63, 3.8) is 0 Å². The van der Waals surface area contributed by atoms with Crippen molar-refractivity contribution in [2.45, 2.75) is 64.1 Å². The monoisotopic (exact) mass is 521 g/mol. The van der Waals surface area contributed by atoms with Crippen molar-refractivity contribution in [2.75, 3.05) is 0 Å². The maximum Gasteiger partial charge on any atom is 0.387 e. The molecule has 5 rings (SSSR count). The van der Waals surface area contributed by atoms with E-state index >= 15 is 0 Å². The molecule has 0 radical (unpaired) electrons. The number of aromatic amines is 1. The summed E-state index contributed by atoms with van der Waals surface area (Å²) in [6.45, 7) is -3.92. The number of aliphatic hydroxyl groups is 1. The number of nitrogens with one attached hydrogen (secondary N) is 1. The normalized spacial score (nSPS) is 20.8. The predicted octanol–water partition coefficient (Wildman–Crippen LogP) is 6.76. The van der Waals surface area contributed by atoms with E-state index in [0.29, 0.717) is 53.4 Å². The average molecular weight is 522 g/mol. The lowest BCUT2D eigenvalue weighted by molar-refractivity contribution is -0.0505. The summed E-state index contributed by atoms with van der Waals surface area (Å²) in [6, 6.07) is 3.67. The van der Waals surface area contributed by atoms with Gasteiger partial charge in [0.1, 0.15) is 17.2 Å². The third-order valence-corrected chi connectivity index (χ3v) is 7.27. The molecule has 1 atom stereocenters. The quantitative estimate of drug-likeness (QED) is 0.294. The minimum Gasteiger partial charge on any atom is -0.434 e. The fourth-order valence-corrected chi connectivity index (χ4v) is 5.31. The van der Waals surface area contributed by atoms with Gasteiger partial charge in [-0.25, -0.2) is 9.37 Å². The number of ether oxygens (including phenoxy) is 1. The van der Waals surface area contributed by atoms with Crippen LogP contribution in [0.4, 0.5) is 13.2 Å². The highest BCUT2D eigenvalue weighted by atomic mass is 35.5. The summed E-state index contributed by atoms with van der Waals surface area (Å²) < 4.78 is 71.4. The first-order valence-corrected chi connectivity index (χ1v) is 12.0. The minimum atomic E-state index is -3.13. The van der Waals surface area contributed by atoms with Crippen LogP contribution >= 0.6 is 11.6 Å². The molecule has 4 aromatic rings. The van der Waals surface area contributed by atoms with Crippen molar-refractivity contribution in [3.05, 3.63) is 64.5 Å². The summed E-state index contributed by atoms with van der Waals surface area (Å²) in [5.74, 6) is -1.71. The third-order valence-electron chi connectivity index (χ3n) is 6.89. The number of H-pyrrole nitrogens is 1. The van der Waals surface area contributed by atoms with Gasteiger partial charge in [-0.2, -0.15) is 13.9 Å². The molecule has 0 saturated heterocycles. The molecule has 6 nitrogen and oxygen atoms in total. The van der Waals surface area contributed by atoms with E-state index in [1.807, 2.05) is 0 Å². The first kappa shape index (κ1) is 21.1. The number of nitrogens with zero attached hydrogens (tertiary/aromatic N) is 3. The van der Waals surface area contributed by atoms with Crippen LogP contribution in [-0.4, -0.2) is 37.6 Å². The summed E-state index contributed by atoms with van der Waals surface area (Å²) in [5.41, 5.74) is 2.07. The van der Waals surface area contributed by atoms with Gasteiger partial charge in [0.15, 0.2) is 0 Å². The second-order valence-electron chi connectivity index (χ2n) is 9.05. The number of rotatable bonds is 6. The Morgan fingerprint density at radius 2 is 2.03 bits per heavy atom. The molecule has 0 amide bonds. The van der Waals surface area contributed by atoms with Gasteiger partial charge in [-0.05, 0) is 56.3 Å². The number of aromatic nitrogens is 4. The van der Waals surface area contributed by atoms with Crippen LogP contribution in [0.5, 0.6) is 5.75 Å². The average Bonchev–Trinajstić information content (AvgIpc) is 3.51. The van der Waals surface area contributed by atoms with E-state index in [1.165, 1.54) is 12.4 Å². The second-order valence-corrected chi connectivity index (χ2v) is 9.43. The van der Waals surface area contributed by atoms with Crippen LogP contribution in [0.15, 0.2) is 36.8 Å². The molecule has 1 aliphatic rings. The van der Waals surface area contributed by atoms with Crippen molar-refractivity contribution < 1.29 is 27.1 Å². The lowest BCUT2D eigenvalue weighted by Crippen LogP contribution is -2.22. The number of pyridine rings is 1. The number of hydrogen-bond acceptors (Lipinski definition) is 4. The Morgan fingerprint density at radius 1 is 1.25 bits per heavy atom. The number of alkyl halides is 2. The van der Waals surface area contributed by atoms with Gasteiger partial charge in [0.25, 0.3) is 0 Å². The number of aliphatic hydroxyl groups excluding tert-OH is 1. The van der Waals surface area contributed by atoms with E-state index in [0.717, 1.165) is 12.1 Å². The molecule has 1 saturated carbocycles. The second kappa shape index (κ2) is 9.78. The zero-order valence-electron chi connectivity index (χ0n) is 22.3. The van der Waals surface area contributed by atoms with Crippen LogP contribution in [0, 0.1) is 12.7 Å². The molecule has 0 aliphatic heterocycles. The van der Waals surface area contributed by atoms with Crippen molar-refractivity contribution in [1.29, 1.82) is 0 Å². The number of benzene rings is 1. The fraction of sp³-hybridized carbons (Fsp3) is 0.385. The molecule has 0 spiro atoms. The van der Waals surface area contributed by atoms with Crippen molar-refractivity contribution in [2.24, 2.45) is 0 Å². The highest BCUT2D eigenvalue weighted by Crippen LogP contribution is 2.42. The van der Waals surface area contributed by atoms with E-state index in [9.17, 15) is 18.3 Å². The highest BCUT2D eigenvalue weighted by Gasteiger charge is 2.26. The maximum atomic E-state index is 14.4. The Kier molecular flexibility index (Phi) is 5.73. The number of halogens is 4. The van der Waals surface area contributed by atoms with E-state index in [2.05, 4.69) is 19.8 Å². The molecule has 0 bridgehead atoms. The van der Waals surface area contributed by atoms with Gasteiger partial charge < -0.3 is 14.8 Å². The Morgan fingerprint density at radius 3 is 2.75 bits per heavy atom. The molecule has 1 aliphatic carbocycles. The molecular weight excluding hydrogens is 493 g/mol. The van der Waals surface area contributed by atoms with Crippen molar-refractivity contribution in [3.8, 4) is 16.9 Å². The third kappa shape index (κ3) is 4.46. The van der Waals surface area contributed by atoms with Crippen LogP contribution in [0.25, 0.3) is 22.2 Å². The van der Waals surface area contributed by atoms with Gasteiger partial charge in [-0.15, -0.1) is 0 Å². The van der Waals surface area contributed by atoms with Gasteiger partial charge in [-0.1, -0.05) is 18.5 Å². The molecule has 1 fully saturated rings. The van der Waals surface area contributed by atoms with Crippen molar-refractivity contribution in [1.82, 2.24) is 19.7 Å². The summed E-state index contributed by atoms with van der Waals surface area (Å²) in [6.07, 6.45) is 6.63. The van der Waals surface area contributed by atoms with Gasteiger partial charge in [0.05, 0.1) is 23.4 Å². The van der Waals surface area contributed by atoms with E-state index in [4.69, 9.17) is 15.7 Å². The first-order valence-electron chi connectivity index (χ1n) is 13.1. The standard InChI is InChI=1S/C26H26ClF3N4O2/c1-13(23-22(36-26(29)30)8-7-21(28)24(23)27)19-11-32-25-18(19)9-15(10-31-25)20-12-33-34(14(20)2)16-3-5-17(35)6-4-16/h7-13,16-17,26,35H,3-6H2,1-2H3,(H,31,32)/t13-,16-,17-/m0/s1/i2D3. The van der Waals surface area contributed by atoms with Crippen LogP contribution < -0.4 is 4.74 Å². The summed E-state index contributed by atoms with van der Waals surface area (Å²) >= 11 is 6.21. The lowest BCUT2D eigenvalue weighted by atomic mass is 9.91. The topological polar surface area (TPSA) is 76.0 Å². The van der Waals surface area contributed by atoms with Gasteiger partial charge >= 0.3 is 6.61 Å². The fourth-order valence-electron chi connectivity index (χ4n) is 4.99. The summed E-state index contributed by atoms with van der Waals surface area (Å²) in [5, 5.41) is 14.6. The van der Waals surface area contributed by atoms with E-state index in [-0.39, 0.29) is 28.1 Å². The van der Waals surface area contributed by atoms with Crippen molar-refractivity contribution >= 4 is 22.6 Å². The molecule has 1 aromatic carbocycles. The zero-order valence-corrected chi connectivity index (χ0v) is 20.1. The molecule has 2 N–H and O–H groups in total. The number of hydrogen-bond donors (Lipinski definition) is 2. The van der Waals surface area contributed by atoms with E-state index in [1.54, 1.807) is 23.9 Å². The van der Waals surface area contributed by atoms with Gasteiger partial charge in [0.2, 0.25) is 0 Å². The smallest absolute Gasteiger partial charge is 0.387 e. The number of fused-ring (bicyclic) bond motifs is 1. The Labute approximate surface area is 215 Å². The Hall–Kier alpha value is -3.04. The predicted molar refractivity (Wildman–Crippen MR) is 131 cm³/mol. The van der Waals surface area contributed by atoms with Crippen LogP contribution in [0.2, 0.25) is 5.02 Å². The van der Waals surface area contributed by atoms with E-state index < -0.39 is 31.3 Å². The lowest BCUT2D eigenvalue weighted by Gasteiger charge is -2.26. The molecule has 0 unspecified atom stereocenters. The Balaban J connectivity index is 1.60. The summed E-state index contributed by atoms with van der Waals surface area (Å²) in [7, 11) is 0. The highest BCUT2D eigenvalue weighted by molar-refractivity contribution is 6.31. The minimum absolute atomic E-state index is 0.0544. The molecular formula is C26H26ClF3N4O2. The SMILES string of the molecule is [2H]C([2H])([2H])c1c(-c2cnc3[nH]cc([C@H](C)c4c(OC(F)F)ccc(F)c4Cl)c3c2)cnn1[C@H]1CC[C@H](O)CC1. The van der Waals surface area contributed by atoms with Crippen LogP contribution in [-0.2, 0) is 0 Å². The Bertz CT molecular complexity index is 1500. The van der Waals surface area contributed by atoms with Gasteiger partial charge in [-0.3, -0.25) is 4.68 Å². The molecule has 190 valence electrons.